The summed E-state index contributed by atoms with van der Waals surface area (Å²) in [6, 6.07) is 23.0. The van der Waals surface area contributed by atoms with Gasteiger partial charge in [-0.15, -0.1) is 11.8 Å². The number of thioether (sulfide) groups is 1. The molecular weight excluding hydrogens is 386 g/mol. The highest BCUT2D eigenvalue weighted by Crippen LogP contribution is 2.41. The molecule has 2 aliphatic heterocycles. The fourth-order valence-electron chi connectivity index (χ4n) is 3.51. The molecule has 2 aliphatic rings. The van der Waals surface area contributed by atoms with Crippen molar-refractivity contribution in [2.75, 3.05) is 19.1 Å². The lowest BCUT2D eigenvalue weighted by Gasteiger charge is -2.24. The van der Waals surface area contributed by atoms with Crippen molar-refractivity contribution in [3.8, 4) is 23.0 Å². The van der Waals surface area contributed by atoms with Crippen LogP contribution < -0.4 is 14.2 Å². The summed E-state index contributed by atoms with van der Waals surface area (Å²) in [4.78, 5) is 15.1. The van der Waals surface area contributed by atoms with E-state index >= 15 is 0 Å². The van der Waals surface area contributed by atoms with Gasteiger partial charge in [0.25, 0.3) is 5.91 Å². The molecular formula is C23H19NO4S. The first-order valence-corrected chi connectivity index (χ1v) is 10.5. The Hall–Kier alpha value is -3.12. The SMILES string of the molecule is O=C(c1ccc2c(c1)OCO2)N1CCS[C@@H]1c1cccc(Oc2ccccc2)c1. The molecule has 0 N–H and O–H groups in total. The van der Waals surface area contributed by atoms with Gasteiger partial charge in [0, 0.05) is 17.9 Å². The molecule has 1 atom stereocenters. The Labute approximate surface area is 173 Å². The lowest BCUT2D eigenvalue weighted by Crippen LogP contribution is -2.30. The smallest absolute Gasteiger partial charge is 0.255 e. The predicted octanol–water partition coefficient (Wildman–Crippen LogP) is 5.10. The van der Waals surface area contributed by atoms with Gasteiger partial charge >= 0.3 is 0 Å². The summed E-state index contributed by atoms with van der Waals surface area (Å²) in [7, 11) is 0. The van der Waals surface area contributed by atoms with Gasteiger partial charge in [-0.2, -0.15) is 0 Å². The van der Waals surface area contributed by atoms with Crippen LogP contribution in [0.15, 0.2) is 72.8 Å². The number of amides is 1. The van der Waals surface area contributed by atoms with E-state index in [0.717, 1.165) is 22.8 Å². The molecule has 5 rings (SSSR count). The molecule has 0 spiro atoms. The first-order chi connectivity index (χ1) is 14.3. The third-order valence-corrected chi connectivity index (χ3v) is 6.15. The molecule has 0 bridgehead atoms. The van der Waals surface area contributed by atoms with Crippen LogP contribution in [0, 0.1) is 0 Å². The number of nitrogens with zero attached hydrogens (tertiary/aromatic N) is 1. The van der Waals surface area contributed by atoms with Crippen LogP contribution in [0.4, 0.5) is 0 Å². The maximum Gasteiger partial charge on any atom is 0.255 e. The molecule has 0 aromatic heterocycles. The lowest BCUT2D eigenvalue weighted by atomic mass is 10.1. The molecule has 0 aliphatic carbocycles. The third kappa shape index (κ3) is 3.63. The lowest BCUT2D eigenvalue weighted by molar-refractivity contribution is 0.0759. The van der Waals surface area contributed by atoms with Crippen molar-refractivity contribution in [2.24, 2.45) is 0 Å². The summed E-state index contributed by atoms with van der Waals surface area (Å²) in [5.74, 6) is 3.74. The van der Waals surface area contributed by atoms with Crippen LogP contribution in [0.25, 0.3) is 0 Å². The van der Waals surface area contributed by atoms with Gasteiger partial charge in [0.15, 0.2) is 11.5 Å². The molecule has 29 heavy (non-hydrogen) atoms. The van der Waals surface area contributed by atoms with Gasteiger partial charge in [-0.3, -0.25) is 4.79 Å². The van der Waals surface area contributed by atoms with Gasteiger partial charge in [0.1, 0.15) is 16.9 Å². The maximum atomic E-state index is 13.2. The van der Waals surface area contributed by atoms with E-state index in [1.165, 1.54) is 0 Å². The normalized spacial score (nSPS) is 17.4. The van der Waals surface area contributed by atoms with E-state index in [-0.39, 0.29) is 18.1 Å². The standard InChI is InChI=1S/C23H19NO4S/c25-22(16-9-10-20-21(14-16)27-15-26-20)24-11-12-29-23(24)17-5-4-8-19(13-17)28-18-6-2-1-3-7-18/h1-10,13-14,23H,11-12,15H2/t23-/m1/s1. The average Bonchev–Trinajstić information content (AvgIpc) is 3.43. The molecule has 1 fully saturated rings. The quantitative estimate of drug-likeness (QED) is 0.605. The second-order valence-corrected chi connectivity index (χ2v) is 7.97. The number of carbonyl (C=O) groups is 1. The van der Waals surface area contributed by atoms with Gasteiger partial charge in [0.05, 0.1) is 0 Å². The summed E-state index contributed by atoms with van der Waals surface area (Å²) in [6.07, 6.45) is 0. The summed E-state index contributed by atoms with van der Waals surface area (Å²) >= 11 is 1.76. The summed E-state index contributed by atoms with van der Waals surface area (Å²) in [6.45, 7) is 0.899. The second kappa shape index (κ2) is 7.72. The molecule has 1 amide bonds. The van der Waals surface area contributed by atoms with Crippen molar-refractivity contribution in [3.05, 3.63) is 83.9 Å². The number of ether oxygens (including phenoxy) is 3. The number of hydrogen-bond acceptors (Lipinski definition) is 5. The number of rotatable bonds is 4. The number of benzene rings is 3. The van der Waals surface area contributed by atoms with Crippen LogP contribution in [-0.2, 0) is 0 Å². The minimum absolute atomic E-state index is 0.00678. The third-order valence-electron chi connectivity index (χ3n) is 4.89. The molecule has 3 aromatic rings. The molecule has 0 radical (unpaired) electrons. The van der Waals surface area contributed by atoms with Crippen molar-refractivity contribution in [3.63, 3.8) is 0 Å². The van der Waals surface area contributed by atoms with E-state index in [1.54, 1.807) is 30.0 Å². The number of carbonyl (C=O) groups excluding carboxylic acids is 1. The molecule has 0 saturated carbocycles. The van der Waals surface area contributed by atoms with E-state index in [2.05, 4.69) is 0 Å². The Kier molecular flexibility index (Phi) is 4.77. The fraction of sp³-hybridized carbons (Fsp3) is 0.174. The van der Waals surface area contributed by atoms with Crippen molar-refractivity contribution in [1.82, 2.24) is 4.90 Å². The van der Waals surface area contributed by atoms with Gasteiger partial charge in [-0.05, 0) is 48.0 Å². The zero-order chi connectivity index (χ0) is 19.6. The highest BCUT2D eigenvalue weighted by Gasteiger charge is 2.32. The summed E-state index contributed by atoms with van der Waals surface area (Å²) < 4.78 is 16.7. The van der Waals surface area contributed by atoms with Crippen molar-refractivity contribution in [2.45, 2.75) is 5.37 Å². The van der Waals surface area contributed by atoms with Gasteiger partial charge in [-0.25, -0.2) is 0 Å². The fourth-order valence-corrected chi connectivity index (χ4v) is 4.75. The minimum Gasteiger partial charge on any atom is -0.457 e. The van der Waals surface area contributed by atoms with Crippen LogP contribution in [0.2, 0.25) is 0 Å². The molecule has 6 heteroatoms. The van der Waals surface area contributed by atoms with E-state index in [1.807, 2.05) is 59.5 Å². The van der Waals surface area contributed by atoms with Gasteiger partial charge in [-0.1, -0.05) is 30.3 Å². The molecule has 5 nitrogen and oxygen atoms in total. The van der Waals surface area contributed by atoms with Crippen LogP contribution in [0.3, 0.4) is 0 Å². The Bertz CT molecular complexity index is 1040. The van der Waals surface area contributed by atoms with Crippen LogP contribution in [0.1, 0.15) is 21.3 Å². The van der Waals surface area contributed by atoms with E-state index in [4.69, 9.17) is 14.2 Å². The number of hydrogen-bond donors (Lipinski definition) is 0. The Morgan fingerprint density at radius 1 is 0.931 bits per heavy atom. The van der Waals surface area contributed by atoms with E-state index < -0.39 is 0 Å². The highest BCUT2D eigenvalue weighted by molar-refractivity contribution is 7.99. The minimum atomic E-state index is -0.0488. The van der Waals surface area contributed by atoms with Crippen molar-refractivity contribution >= 4 is 17.7 Å². The Morgan fingerprint density at radius 3 is 2.66 bits per heavy atom. The average molecular weight is 405 g/mol. The van der Waals surface area contributed by atoms with Gasteiger partial charge in [0.2, 0.25) is 6.79 Å². The number of para-hydroxylation sites is 1. The zero-order valence-electron chi connectivity index (χ0n) is 15.6. The van der Waals surface area contributed by atoms with Crippen molar-refractivity contribution in [1.29, 1.82) is 0 Å². The van der Waals surface area contributed by atoms with E-state index in [9.17, 15) is 4.79 Å². The maximum absolute atomic E-state index is 13.2. The highest BCUT2D eigenvalue weighted by atomic mass is 32.2. The molecule has 146 valence electrons. The second-order valence-electron chi connectivity index (χ2n) is 6.78. The summed E-state index contributed by atoms with van der Waals surface area (Å²) in [5, 5.41) is -0.0488. The first kappa shape index (κ1) is 17.9. The molecule has 0 unspecified atom stereocenters. The van der Waals surface area contributed by atoms with Crippen LogP contribution in [0.5, 0.6) is 23.0 Å². The molecule has 1 saturated heterocycles. The Morgan fingerprint density at radius 2 is 1.76 bits per heavy atom. The Balaban J connectivity index is 1.38. The molecule has 3 aromatic carbocycles. The zero-order valence-corrected chi connectivity index (χ0v) is 16.4. The van der Waals surface area contributed by atoms with E-state index in [0.29, 0.717) is 23.6 Å². The predicted molar refractivity (Wildman–Crippen MR) is 112 cm³/mol. The van der Waals surface area contributed by atoms with Crippen molar-refractivity contribution < 1.29 is 19.0 Å². The largest absolute Gasteiger partial charge is 0.457 e. The first-order valence-electron chi connectivity index (χ1n) is 9.43. The number of fused-ring (bicyclic) bond motifs is 1. The molecule has 2 heterocycles. The van der Waals surface area contributed by atoms with Gasteiger partial charge < -0.3 is 19.1 Å². The monoisotopic (exact) mass is 405 g/mol. The van der Waals surface area contributed by atoms with Crippen LogP contribution in [-0.4, -0.2) is 29.9 Å². The van der Waals surface area contributed by atoms with Crippen LogP contribution >= 0.6 is 11.8 Å². The topological polar surface area (TPSA) is 48.0 Å². The summed E-state index contributed by atoms with van der Waals surface area (Å²) in [5.41, 5.74) is 1.66.